The van der Waals surface area contributed by atoms with E-state index in [2.05, 4.69) is 4.72 Å². The predicted molar refractivity (Wildman–Crippen MR) is 93.7 cm³/mol. The molecule has 0 saturated carbocycles. The average molecular weight is 382 g/mol. The van der Waals surface area contributed by atoms with E-state index in [0.717, 1.165) is 23.3 Å². The van der Waals surface area contributed by atoms with Gasteiger partial charge in [0, 0.05) is 24.0 Å². The third-order valence-electron chi connectivity index (χ3n) is 4.32. The van der Waals surface area contributed by atoms with Crippen LogP contribution >= 0.6 is 11.6 Å². The largest absolute Gasteiger partial charge is 0.495 e. The van der Waals surface area contributed by atoms with Gasteiger partial charge in [-0.15, -0.1) is 0 Å². The van der Waals surface area contributed by atoms with E-state index in [-0.39, 0.29) is 9.92 Å². The second kappa shape index (κ2) is 6.00. The van der Waals surface area contributed by atoms with Crippen molar-refractivity contribution in [3.63, 3.8) is 0 Å². The minimum absolute atomic E-state index is 0.0570. The monoisotopic (exact) mass is 381 g/mol. The Hall–Kier alpha value is -2.12. The predicted octanol–water partition coefficient (Wildman–Crippen LogP) is 3.02. The molecule has 0 amide bonds. The van der Waals surface area contributed by atoms with Gasteiger partial charge >= 0.3 is 0 Å². The Balaban J connectivity index is 1.76. The molecule has 0 fully saturated rings. The molecule has 2 aliphatic rings. The minimum Gasteiger partial charge on any atom is -0.495 e. The molecule has 8 heteroatoms. The lowest BCUT2D eigenvalue weighted by Gasteiger charge is -2.15. The van der Waals surface area contributed by atoms with Gasteiger partial charge in [-0.05, 0) is 24.3 Å². The summed E-state index contributed by atoms with van der Waals surface area (Å²) in [5.74, 6) is 1.72. The standard InChI is InChI=1S/C17H16ClNO5S/c1-22-14-3-2-11(9-13(14)18)25(20,21)19-16-12-5-7-23-15(12)8-10-4-6-24-17(10)16/h2-3,8-9,19H,4-7H2,1H3. The summed E-state index contributed by atoms with van der Waals surface area (Å²) in [5.41, 5.74) is 2.24. The van der Waals surface area contributed by atoms with Crippen LogP contribution in [0.3, 0.4) is 0 Å². The van der Waals surface area contributed by atoms with Crippen molar-refractivity contribution in [1.82, 2.24) is 0 Å². The van der Waals surface area contributed by atoms with Gasteiger partial charge in [0.15, 0.2) is 0 Å². The van der Waals surface area contributed by atoms with Crippen LogP contribution in [-0.2, 0) is 22.9 Å². The fourth-order valence-electron chi connectivity index (χ4n) is 3.10. The normalized spacial score (nSPS) is 15.1. The van der Waals surface area contributed by atoms with Gasteiger partial charge in [-0.3, -0.25) is 4.72 Å². The van der Waals surface area contributed by atoms with Gasteiger partial charge in [-0.25, -0.2) is 8.42 Å². The van der Waals surface area contributed by atoms with Crippen LogP contribution in [0.2, 0.25) is 5.02 Å². The van der Waals surface area contributed by atoms with E-state index in [1.807, 2.05) is 6.07 Å². The van der Waals surface area contributed by atoms with Crippen LogP contribution in [0.4, 0.5) is 5.69 Å². The summed E-state index contributed by atoms with van der Waals surface area (Å²) in [5, 5.41) is 0.230. The van der Waals surface area contributed by atoms with Crippen molar-refractivity contribution in [3.8, 4) is 17.2 Å². The number of methoxy groups -OCH3 is 1. The lowest BCUT2D eigenvalue weighted by atomic mass is 10.0. The Morgan fingerprint density at radius 1 is 1.16 bits per heavy atom. The number of hydrogen-bond acceptors (Lipinski definition) is 5. The number of benzene rings is 2. The molecule has 132 valence electrons. The highest BCUT2D eigenvalue weighted by molar-refractivity contribution is 7.92. The Kier molecular flexibility index (Phi) is 3.92. The molecule has 0 aromatic heterocycles. The Bertz CT molecular complexity index is 926. The quantitative estimate of drug-likeness (QED) is 0.881. The van der Waals surface area contributed by atoms with Crippen LogP contribution in [-0.4, -0.2) is 28.7 Å². The molecule has 2 heterocycles. The number of sulfonamides is 1. The zero-order valence-electron chi connectivity index (χ0n) is 13.5. The molecule has 25 heavy (non-hydrogen) atoms. The van der Waals surface area contributed by atoms with Crippen molar-refractivity contribution in [2.45, 2.75) is 17.7 Å². The summed E-state index contributed by atoms with van der Waals surface area (Å²) < 4.78 is 44.7. The molecule has 2 aliphatic heterocycles. The van der Waals surface area contributed by atoms with Crippen molar-refractivity contribution in [2.75, 3.05) is 25.0 Å². The third kappa shape index (κ3) is 2.77. The lowest BCUT2D eigenvalue weighted by Crippen LogP contribution is -2.15. The van der Waals surface area contributed by atoms with E-state index >= 15 is 0 Å². The first-order chi connectivity index (χ1) is 12.0. The van der Waals surface area contributed by atoms with Crippen LogP contribution < -0.4 is 18.9 Å². The summed E-state index contributed by atoms with van der Waals surface area (Å²) in [4.78, 5) is 0.0570. The van der Waals surface area contributed by atoms with Crippen molar-refractivity contribution in [3.05, 3.63) is 40.4 Å². The van der Waals surface area contributed by atoms with E-state index in [4.69, 9.17) is 25.8 Å². The molecule has 1 N–H and O–H groups in total. The van der Waals surface area contributed by atoms with Crippen LogP contribution in [0.15, 0.2) is 29.2 Å². The Morgan fingerprint density at radius 3 is 2.72 bits per heavy atom. The van der Waals surface area contributed by atoms with Crippen molar-refractivity contribution < 1.29 is 22.6 Å². The van der Waals surface area contributed by atoms with E-state index in [1.165, 1.54) is 25.3 Å². The smallest absolute Gasteiger partial charge is 0.262 e. The molecule has 0 saturated heterocycles. The maximum Gasteiger partial charge on any atom is 0.262 e. The Labute approximate surface area is 150 Å². The number of halogens is 1. The van der Waals surface area contributed by atoms with Crippen molar-refractivity contribution in [1.29, 1.82) is 0 Å². The number of hydrogen-bond donors (Lipinski definition) is 1. The Morgan fingerprint density at radius 2 is 1.96 bits per heavy atom. The van der Waals surface area contributed by atoms with Crippen LogP contribution in [0.5, 0.6) is 17.2 Å². The second-order valence-corrected chi connectivity index (χ2v) is 7.90. The molecule has 0 spiro atoms. The molecular formula is C17H16ClNO5S. The van der Waals surface area contributed by atoms with Gasteiger partial charge in [-0.1, -0.05) is 11.6 Å². The van der Waals surface area contributed by atoms with Gasteiger partial charge in [-0.2, -0.15) is 0 Å². The highest BCUT2D eigenvalue weighted by Crippen LogP contribution is 2.45. The topological polar surface area (TPSA) is 73.9 Å². The average Bonchev–Trinajstić information content (AvgIpc) is 3.23. The first kappa shape index (κ1) is 16.4. The minimum atomic E-state index is -3.83. The first-order valence-corrected chi connectivity index (χ1v) is 9.66. The zero-order valence-corrected chi connectivity index (χ0v) is 15.0. The van der Waals surface area contributed by atoms with E-state index in [0.29, 0.717) is 36.8 Å². The third-order valence-corrected chi connectivity index (χ3v) is 5.96. The van der Waals surface area contributed by atoms with E-state index < -0.39 is 10.0 Å². The number of fused-ring (bicyclic) bond motifs is 2. The lowest BCUT2D eigenvalue weighted by molar-refractivity contribution is 0.356. The fourth-order valence-corrected chi connectivity index (χ4v) is 4.55. The zero-order chi connectivity index (χ0) is 17.6. The number of rotatable bonds is 4. The van der Waals surface area contributed by atoms with Gasteiger partial charge < -0.3 is 14.2 Å². The fraction of sp³-hybridized carbons (Fsp3) is 0.294. The summed E-state index contributed by atoms with van der Waals surface area (Å²) in [6, 6.07) is 6.28. The molecule has 0 unspecified atom stereocenters. The molecular weight excluding hydrogens is 366 g/mol. The summed E-state index contributed by atoms with van der Waals surface area (Å²) in [6.45, 7) is 1.06. The molecule has 0 radical (unpaired) electrons. The van der Waals surface area contributed by atoms with Gasteiger partial charge in [0.25, 0.3) is 10.0 Å². The SMILES string of the molecule is COc1ccc(S(=O)(=O)Nc2c3c(cc4c2OCC4)OCC3)cc1Cl. The van der Waals surface area contributed by atoms with Gasteiger partial charge in [0.1, 0.15) is 17.2 Å². The summed E-state index contributed by atoms with van der Waals surface area (Å²) >= 11 is 6.06. The van der Waals surface area contributed by atoms with Crippen LogP contribution in [0.25, 0.3) is 0 Å². The molecule has 2 aromatic carbocycles. The first-order valence-electron chi connectivity index (χ1n) is 7.80. The molecule has 2 aromatic rings. The number of anilines is 1. The molecule has 0 bridgehead atoms. The number of nitrogens with one attached hydrogen (secondary N) is 1. The second-order valence-electron chi connectivity index (χ2n) is 5.82. The van der Waals surface area contributed by atoms with Crippen molar-refractivity contribution >= 4 is 27.3 Å². The maximum atomic E-state index is 12.8. The van der Waals surface area contributed by atoms with Crippen LogP contribution in [0, 0.1) is 0 Å². The van der Waals surface area contributed by atoms with E-state index in [9.17, 15) is 8.42 Å². The molecule has 4 rings (SSSR count). The van der Waals surface area contributed by atoms with E-state index in [1.54, 1.807) is 0 Å². The molecule has 6 nitrogen and oxygen atoms in total. The molecule has 0 atom stereocenters. The molecule has 0 aliphatic carbocycles. The van der Waals surface area contributed by atoms with Crippen LogP contribution in [0.1, 0.15) is 11.1 Å². The summed E-state index contributed by atoms with van der Waals surface area (Å²) in [7, 11) is -2.36. The summed E-state index contributed by atoms with van der Waals surface area (Å²) in [6.07, 6.45) is 1.36. The maximum absolute atomic E-state index is 12.8. The highest BCUT2D eigenvalue weighted by Gasteiger charge is 2.29. The highest BCUT2D eigenvalue weighted by atomic mass is 35.5. The van der Waals surface area contributed by atoms with Gasteiger partial charge in [0.2, 0.25) is 0 Å². The number of ether oxygens (including phenoxy) is 3. The van der Waals surface area contributed by atoms with Crippen molar-refractivity contribution in [2.24, 2.45) is 0 Å². The van der Waals surface area contributed by atoms with Gasteiger partial charge in [0.05, 0.1) is 35.9 Å².